The molecule has 0 radical (unpaired) electrons. The molecule has 11 nitrogen and oxygen atoms in total. The summed E-state index contributed by atoms with van der Waals surface area (Å²) in [6, 6.07) is 2.10. The van der Waals surface area contributed by atoms with E-state index in [1.54, 1.807) is 23.7 Å². The van der Waals surface area contributed by atoms with Crippen LogP contribution in [0.3, 0.4) is 0 Å². The van der Waals surface area contributed by atoms with Gasteiger partial charge in [0.25, 0.3) is 0 Å². The quantitative estimate of drug-likeness (QED) is 0.269. The van der Waals surface area contributed by atoms with E-state index in [1.165, 1.54) is 5.56 Å². The summed E-state index contributed by atoms with van der Waals surface area (Å²) in [7, 11) is 0. The van der Waals surface area contributed by atoms with E-state index in [4.69, 9.17) is 5.84 Å². The van der Waals surface area contributed by atoms with Crippen molar-refractivity contribution in [3.63, 3.8) is 0 Å². The molecular formula is C25H27N11. The number of hydrazine groups is 1. The van der Waals surface area contributed by atoms with Crippen LogP contribution in [0.4, 0.5) is 11.4 Å². The maximum absolute atomic E-state index is 6.58. The van der Waals surface area contributed by atoms with Crippen molar-refractivity contribution in [1.82, 2.24) is 40.0 Å². The van der Waals surface area contributed by atoms with Crippen LogP contribution in [0.25, 0.3) is 27.8 Å². The minimum absolute atomic E-state index is 0.405. The number of aromatic amines is 1. The second kappa shape index (κ2) is 8.70. The number of fused-ring (bicyclic) bond motifs is 2. The van der Waals surface area contributed by atoms with E-state index in [0.717, 1.165) is 63.6 Å². The van der Waals surface area contributed by atoms with Gasteiger partial charge in [0.1, 0.15) is 5.69 Å². The Kier molecular flexibility index (Phi) is 5.35. The average Bonchev–Trinajstić information content (AvgIpc) is 3.60. The van der Waals surface area contributed by atoms with Crippen molar-refractivity contribution in [3.05, 3.63) is 72.1 Å². The van der Waals surface area contributed by atoms with Crippen LogP contribution in [0.15, 0.2) is 49.6 Å². The highest BCUT2D eigenvalue weighted by Gasteiger charge is 2.33. The van der Waals surface area contributed by atoms with Crippen LogP contribution in [0.2, 0.25) is 0 Å². The Morgan fingerprint density at radius 3 is 2.69 bits per heavy atom. The lowest BCUT2D eigenvalue weighted by molar-refractivity contribution is 0.720. The molecule has 182 valence electrons. The molecule has 1 unspecified atom stereocenters. The standard InChI is InChI=1S/C25H27N11/c1-4-27-6-17-7-28-9-19(15(17)3)16-5-18-22(33-34-24(18)30-8-16)25-32-23-20(35-12-14(2)31-13-35)10-29-11-21(23)36(25)26/h5,7-13,25,27,32H,4,6,26H2,1-3H3,(H,30,33,34). The molecule has 1 aliphatic rings. The summed E-state index contributed by atoms with van der Waals surface area (Å²) in [4.78, 5) is 17.9. The number of aryl methyl sites for hydroxylation is 1. The molecule has 0 fully saturated rings. The first kappa shape index (κ1) is 22.1. The Hall–Kier alpha value is -4.35. The summed E-state index contributed by atoms with van der Waals surface area (Å²) in [5.74, 6) is 6.58. The predicted octanol–water partition coefficient (Wildman–Crippen LogP) is 3.13. The van der Waals surface area contributed by atoms with Crippen molar-refractivity contribution < 1.29 is 0 Å². The van der Waals surface area contributed by atoms with E-state index in [0.29, 0.717) is 5.65 Å². The number of nitrogens with two attached hydrogens (primary N) is 1. The van der Waals surface area contributed by atoms with Gasteiger partial charge in [0.15, 0.2) is 11.8 Å². The monoisotopic (exact) mass is 481 g/mol. The van der Waals surface area contributed by atoms with Crippen LogP contribution in [-0.4, -0.2) is 41.2 Å². The highest BCUT2D eigenvalue weighted by molar-refractivity contribution is 5.88. The molecule has 6 rings (SSSR count). The molecule has 6 heterocycles. The van der Waals surface area contributed by atoms with Gasteiger partial charge < -0.3 is 15.2 Å². The van der Waals surface area contributed by atoms with E-state index >= 15 is 0 Å². The van der Waals surface area contributed by atoms with Gasteiger partial charge in [-0.25, -0.2) is 15.8 Å². The van der Waals surface area contributed by atoms with E-state index in [-0.39, 0.29) is 0 Å². The van der Waals surface area contributed by atoms with E-state index in [9.17, 15) is 0 Å². The number of rotatable bonds is 6. The van der Waals surface area contributed by atoms with Crippen LogP contribution >= 0.6 is 0 Å². The van der Waals surface area contributed by atoms with Gasteiger partial charge in [-0.15, -0.1) is 0 Å². The molecule has 0 saturated heterocycles. The third-order valence-corrected chi connectivity index (χ3v) is 6.63. The highest BCUT2D eigenvalue weighted by Crippen LogP contribution is 2.43. The second-order valence-corrected chi connectivity index (χ2v) is 8.91. The van der Waals surface area contributed by atoms with E-state index in [1.807, 2.05) is 36.3 Å². The molecule has 36 heavy (non-hydrogen) atoms. The lowest BCUT2D eigenvalue weighted by atomic mass is 9.99. The highest BCUT2D eigenvalue weighted by atomic mass is 15.5. The normalized spacial score (nSPS) is 14.9. The first-order chi connectivity index (χ1) is 17.5. The number of nitrogens with one attached hydrogen (secondary N) is 3. The molecule has 11 heteroatoms. The Morgan fingerprint density at radius 2 is 1.89 bits per heavy atom. The lowest BCUT2D eigenvalue weighted by Crippen LogP contribution is -2.34. The Morgan fingerprint density at radius 1 is 1.06 bits per heavy atom. The van der Waals surface area contributed by atoms with Gasteiger partial charge in [-0.05, 0) is 37.6 Å². The third-order valence-electron chi connectivity index (χ3n) is 6.63. The molecule has 0 saturated carbocycles. The van der Waals surface area contributed by atoms with Crippen molar-refractivity contribution >= 4 is 22.4 Å². The van der Waals surface area contributed by atoms with Gasteiger partial charge in [0.2, 0.25) is 0 Å². The van der Waals surface area contributed by atoms with Crippen LogP contribution in [-0.2, 0) is 6.54 Å². The fourth-order valence-electron chi connectivity index (χ4n) is 4.65. The molecule has 1 atom stereocenters. The summed E-state index contributed by atoms with van der Waals surface area (Å²) in [5.41, 5.74) is 9.23. The molecule has 0 spiro atoms. The number of imidazole rings is 1. The molecule has 0 amide bonds. The van der Waals surface area contributed by atoms with Crippen LogP contribution < -0.4 is 21.5 Å². The van der Waals surface area contributed by atoms with Gasteiger partial charge in [0, 0.05) is 47.8 Å². The van der Waals surface area contributed by atoms with Crippen molar-refractivity contribution in [1.29, 1.82) is 0 Å². The third kappa shape index (κ3) is 3.56. The number of nitrogens with zero attached hydrogens (tertiary/aromatic N) is 7. The number of H-pyrrole nitrogens is 1. The summed E-state index contributed by atoms with van der Waals surface area (Å²) >= 11 is 0. The number of pyridine rings is 3. The van der Waals surface area contributed by atoms with Gasteiger partial charge >= 0.3 is 0 Å². The molecule has 5 N–H and O–H groups in total. The first-order valence-electron chi connectivity index (χ1n) is 11.8. The van der Waals surface area contributed by atoms with Crippen molar-refractivity contribution in [3.8, 4) is 16.8 Å². The summed E-state index contributed by atoms with van der Waals surface area (Å²) < 4.78 is 1.93. The number of anilines is 2. The maximum Gasteiger partial charge on any atom is 0.160 e. The first-order valence-corrected chi connectivity index (χ1v) is 11.8. The van der Waals surface area contributed by atoms with E-state index < -0.39 is 6.17 Å². The SMILES string of the molecule is CCNCc1cncc(-c2cnc3[nH]nc(C4Nc5c(cncc5-n5cnc(C)c5)N4N)c3c2)c1C. The molecule has 0 aliphatic carbocycles. The van der Waals surface area contributed by atoms with Gasteiger partial charge in [-0.3, -0.25) is 20.1 Å². The summed E-state index contributed by atoms with van der Waals surface area (Å²) in [6.45, 7) is 7.84. The zero-order valence-electron chi connectivity index (χ0n) is 20.3. The number of hydrogen-bond donors (Lipinski definition) is 4. The Labute approximate surface area is 207 Å². The molecular weight excluding hydrogens is 454 g/mol. The zero-order chi connectivity index (χ0) is 24.8. The van der Waals surface area contributed by atoms with Gasteiger partial charge in [0.05, 0.1) is 41.5 Å². The van der Waals surface area contributed by atoms with Crippen LogP contribution in [0, 0.1) is 13.8 Å². The second-order valence-electron chi connectivity index (χ2n) is 8.91. The van der Waals surface area contributed by atoms with Crippen LogP contribution in [0.1, 0.15) is 35.6 Å². The van der Waals surface area contributed by atoms with Gasteiger partial charge in [-0.2, -0.15) is 5.10 Å². The minimum Gasteiger partial charge on any atom is -0.356 e. The fourth-order valence-corrected chi connectivity index (χ4v) is 4.65. The number of aromatic nitrogens is 7. The lowest BCUT2D eigenvalue weighted by Gasteiger charge is -2.19. The topological polar surface area (TPSA) is 138 Å². The summed E-state index contributed by atoms with van der Waals surface area (Å²) in [5, 5.41) is 17.1. The Bertz CT molecular complexity index is 1570. The maximum atomic E-state index is 6.58. The molecule has 1 aliphatic heterocycles. The Balaban J connectivity index is 1.39. The zero-order valence-corrected chi connectivity index (χ0v) is 20.3. The van der Waals surface area contributed by atoms with Gasteiger partial charge in [-0.1, -0.05) is 6.92 Å². The molecule has 0 bridgehead atoms. The molecule has 5 aromatic rings. The van der Waals surface area contributed by atoms with E-state index in [2.05, 4.69) is 60.7 Å². The minimum atomic E-state index is -0.405. The molecule has 0 aromatic carbocycles. The van der Waals surface area contributed by atoms with Crippen molar-refractivity contribution in [2.45, 2.75) is 33.5 Å². The van der Waals surface area contributed by atoms with Crippen molar-refractivity contribution in [2.75, 3.05) is 16.9 Å². The fraction of sp³-hybridized carbons (Fsp3) is 0.240. The molecule has 5 aromatic heterocycles. The van der Waals surface area contributed by atoms with Crippen molar-refractivity contribution in [2.24, 2.45) is 5.84 Å². The smallest absolute Gasteiger partial charge is 0.160 e. The van der Waals surface area contributed by atoms with Crippen LogP contribution in [0.5, 0.6) is 0 Å². The summed E-state index contributed by atoms with van der Waals surface area (Å²) in [6.07, 6.45) is 12.5. The largest absolute Gasteiger partial charge is 0.356 e. The number of hydrogen-bond acceptors (Lipinski definition) is 9. The predicted molar refractivity (Wildman–Crippen MR) is 138 cm³/mol. The average molecular weight is 482 g/mol.